The molecule has 0 aromatic carbocycles. The number of nitrogens with one attached hydrogen (secondary N) is 2. The van der Waals surface area contributed by atoms with Gasteiger partial charge in [0.25, 0.3) is 0 Å². The van der Waals surface area contributed by atoms with Crippen LogP contribution in [-0.2, 0) is 15.8 Å². The second kappa shape index (κ2) is 9.67. The molecule has 0 unspecified atom stereocenters. The summed E-state index contributed by atoms with van der Waals surface area (Å²) in [6, 6.07) is 4.21. The van der Waals surface area contributed by atoms with Gasteiger partial charge in [0.05, 0.1) is 11.8 Å². The van der Waals surface area contributed by atoms with Crippen LogP contribution in [0, 0.1) is 0 Å². The zero-order valence-corrected chi connectivity index (χ0v) is 17.4. The van der Waals surface area contributed by atoms with Gasteiger partial charge in [0, 0.05) is 43.4 Å². The molecule has 0 aliphatic carbocycles. The summed E-state index contributed by atoms with van der Waals surface area (Å²) in [5.74, 6) is -0.501. The number of nitrogen functional groups attached to an aromatic ring is 1. The summed E-state index contributed by atoms with van der Waals surface area (Å²) in [7, 11) is 0. The number of rotatable bonds is 8. The van der Waals surface area contributed by atoms with Crippen LogP contribution in [0.25, 0.3) is 16.8 Å². The predicted molar refractivity (Wildman–Crippen MR) is 114 cm³/mol. The van der Waals surface area contributed by atoms with Gasteiger partial charge in [0.1, 0.15) is 11.5 Å². The Kier molecular flexibility index (Phi) is 6.96. The normalized spacial score (nSPS) is 11.5. The lowest BCUT2D eigenvalue weighted by Gasteiger charge is -2.11. The highest BCUT2D eigenvalue weighted by molar-refractivity contribution is 5.90. The Bertz CT molecular complexity index is 1130. The molecule has 3 heterocycles. The summed E-state index contributed by atoms with van der Waals surface area (Å²) < 4.78 is 40.9. The van der Waals surface area contributed by atoms with Crippen molar-refractivity contribution in [2.75, 3.05) is 17.6 Å². The van der Waals surface area contributed by atoms with Crippen molar-refractivity contribution in [2.24, 2.45) is 0 Å². The van der Waals surface area contributed by atoms with Crippen molar-refractivity contribution in [2.45, 2.75) is 38.8 Å². The predicted octanol–water partition coefficient (Wildman–Crippen LogP) is 3.63. The lowest BCUT2D eigenvalue weighted by atomic mass is 10.1. The van der Waals surface area contributed by atoms with E-state index in [2.05, 4.69) is 20.6 Å². The van der Waals surface area contributed by atoms with Crippen molar-refractivity contribution in [3.63, 3.8) is 0 Å². The third-order valence-corrected chi connectivity index (χ3v) is 4.73. The molecule has 3 rings (SSSR count). The monoisotopic (exact) mass is 448 g/mol. The number of hydrogen-bond donors (Lipinski definition) is 3. The number of anilines is 2. The first-order valence-electron chi connectivity index (χ1n) is 9.99. The van der Waals surface area contributed by atoms with E-state index in [0.29, 0.717) is 36.4 Å². The summed E-state index contributed by atoms with van der Waals surface area (Å²) in [5.41, 5.74) is 5.64. The maximum absolute atomic E-state index is 13.1. The zero-order valence-electron chi connectivity index (χ0n) is 17.4. The minimum absolute atomic E-state index is 0.0776. The zero-order chi connectivity index (χ0) is 23.3. The van der Waals surface area contributed by atoms with Crippen molar-refractivity contribution in [3.05, 3.63) is 42.4 Å². The van der Waals surface area contributed by atoms with Gasteiger partial charge in [-0.2, -0.15) is 13.2 Å². The van der Waals surface area contributed by atoms with Gasteiger partial charge in [-0.15, -0.1) is 0 Å². The highest BCUT2D eigenvalue weighted by Gasteiger charge is 2.34. The van der Waals surface area contributed by atoms with E-state index in [1.54, 1.807) is 28.9 Å². The quantitative estimate of drug-likeness (QED) is 0.455. The van der Waals surface area contributed by atoms with Gasteiger partial charge in [-0.1, -0.05) is 6.42 Å². The second-order valence-electron chi connectivity index (χ2n) is 7.31. The van der Waals surface area contributed by atoms with Gasteiger partial charge >= 0.3 is 6.18 Å². The summed E-state index contributed by atoms with van der Waals surface area (Å²) in [6.07, 6.45) is 2.45. The maximum atomic E-state index is 13.1. The Balaban J connectivity index is 1.64. The topological polar surface area (TPSA) is 114 Å². The summed E-state index contributed by atoms with van der Waals surface area (Å²) in [6.45, 7) is 2.04. The second-order valence-corrected chi connectivity index (χ2v) is 7.31. The number of hydrogen-bond acceptors (Lipinski definition) is 5. The number of halogens is 3. The average Bonchev–Trinajstić information content (AvgIpc) is 3.11. The SMILES string of the molecule is CC(=O)NCCCCCC(=O)Nc1cn2cc(-c3cnc(N)c(C(F)(F)F)c3)ccc2n1. The van der Waals surface area contributed by atoms with E-state index in [4.69, 9.17) is 5.73 Å². The molecule has 32 heavy (non-hydrogen) atoms. The number of carbonyl (C=O) groups excluding carboxylic acids is 2. The van der Waals surface area contributed by atoms with Crippen molar-refractivity contribution in [1.82, 2.24) is 19.7 Å². The van der Waals surface area contributed by atoms with Gasteiger partial charge in [-0.05, 0) is 31.0 Å². The lowest BCUT2D eigenvalue weighted by Crippen LogP contribution is -2.20. The molecule has 8 nitrogen and oxygen atoms in total. The fourth-order valence-corrected chi connectivity index (χ4v) is 3.14. The molecular weight excluding hydrogens is 425 g/mol. The third-order valence-electron chi connectivity index (χ3n) is 4.73. The molecule has 0 aliphatic heterocycles. The number of amides is 2. The van der Waals surface area contributed by atoms with Gasteiger partial charge < -0.3 is 20.8 Å². The Morgan fingerprint density at radius 3 is 2.62 bits per heavy atom. The van der Waals surface area contributed by atoms with Crippen LogP contribution in [0.5, 0.6) is 0 Å². The molecule has 0 atom stereocenters. The van der Waals surface area contributed by atoms with Crippen LogP contribution in [0.3, 0.4) is 0 Å². The first kappa shape index (κ1) is 23.0. The van der Waals surface area contributed by atoms with E-state index in [1.807, 2.05) is 0 Å². The van der Waals surface area contributed by atoms with Gasteiger partial charge in [0.15, 0.2) is 5.82 Å². The number of nitrogens with zero attached hydrogens (tertiary/aromatic N) is 3. The fourth-order valence-electron chi connectivity index (χ4n) is 3.14. The Morgan fingerprint density at radius 2 is 1.91 bits per heavy atom. The number of imidazole rings is 1. The molecule has 3 aromatic rings. The molecule has 0 bridgehead atoms. The summed E-state index contributed by atoms with van der Waals surface area (Å²) >= 11 is 0. The van der Waals surface area contributed by atoms with Crippen molar-refractivity contribution < 1.29 is 22.8 Å². The smallest absolute Gasteiger partial charge is 0.383 e. The van der Waals surface area contributed by atoms with E-state index >= 15 is 0 Å². The van der Waals surface area contributed by atoms with E-state index in [9.17, 15) is 22.8 Å². The molecule has 0 fully saturated rings. The standard InChI is InChI=1S/C21H23F3N6O2/c1-13(31)26-8-4-2-3-5-19(32)29-17-12-30-11-14(6-7-18(30)28-17)15-9-16(21(22,23)24)20(25)27-10-15/h6-7,9-12H,2-5,8H2,1H3,(H2,25,27)(H,26,31)(H,29,32). The van der Waals surface area contributed by atoms with E-state index < -0.39 is 17.6 Å². The van der Waals surface area contributed by atoms with Crippen LogP contribution in [0.15, 0.2) is 36.8 Å². The van der Waals surface area contributed by atoms with Crippen molar-refractivity contribution >= 4 is 29.1 Å². The number of carbonyl (C=O) groups is 2. The summed E-state index contributed by atoms with van der Waals surface area (Å²) in [5, 5.41) is 5.42. The van der Waals surface area contributed by atoms with Crippen LogP contribution in [0.1, 0.15) is 38.2 Å². The number of unbranched alkanes of at least 4 members (excludes halogenated alkanes) is 2. The first-order valence-corrected chi connectivity index (χ1v) is 9.99. The van der Waals surface area contributed by atoms with Crippen LogP contribution >= 0.6 is 0 Å². The van der Waals surface area contributed by atoms with Crippen LogP contribution in [0.2, 0.25) is 0 Å². The van der Waals surface area contributed by atoms with E-state index in [1.165, 1.54) is 13.1 Å². The first-order chi connectivity index (χ1) is 15.1. The third kappa shape index (κ3) is 5.96. The number of pyridine rings is 2. The molecular formula is C21H23F3N6O2. The Labute approximate surface area is 182 Å². The Morgan fingerprint density at radius 1 is 1.12 bits per heavy atom. The van der Waals surface area contributed by atoms with Gasteiger partial charge in [-0.3, -0.25) is 9.59 Å². The Hall–Kier alpha value is -3.63. The van der Waals surface area contributed by atoms with Crippen molar-refractivity contribution in [1.29, 1.82) is 0 Å². The van der Waals surface area contributed by atoms with Gasteiger partial charge in [-0.25, -0.2) is 9.97 Å². The molecule has 170 valence electrons. The molecule has 0 aliphatic rings. The molecule has 2 amide bonds. The molecule has 0 spiro atoms. The highest BCUT2D eigenvalue weighted by Crippen LogP contribution is 2.35. The number of fused-ring (bicyclic) bond motifs is 1. The number of aromatic nitrogens is 3. The summed E-state index contributed by atoms with van der Waals surface area (Å²) in [4.78, 5) is 30.9. The number of nitrogens with two attached hydrogens (primary N) is 1. The van der Waals surface area contributed by atoms with Crippen molar-refractivity contribution in [3.8, 4) is 11.1 Å². The minimum atomic E-state index is -4.60. The van der Waals surface area contributed by atoms with Crippen LogP contribution < -0.4 is 16.4 Å². The highest BCUT2D eigenvalue weighted by atomic mass is 19.4. The molecule has 4 N–H and O–H groups in total. The van der Waals surface area contributed by atoms with Crippen LogP contribution in [-0.4, -0.2) is 32.7 Å². The molecule has 0 saturated carbocycles. The molecule has 0 radical (unpaired) electrons. The molecule has 3 aromatic heterocycles. The lowest BCUT2D eigenvalue weighted by molar-refractivity contribution is -0.137. The largest absolute Gasteiger partial charge is 0.419 e. The maximum Gasteiger partial charge on any atom is 0.419 e. The van der Waals surface area contributed by atoms with E-state index in [-0.39, 0.29) is 17.4 Å². The van der Waals surface area contributed by atoms with Crippen LogP contribution in [0.4, 0.5) is 24.8 Å². The number of alkyl halides is 3. The van der Waals surface area contributed by atoms with Gasteiger partial charge in [0.2, 0.25) is 11.8 Å². The average molecular weight is 448 g/mol. The minimum Gasteiger partial charge on any atom is -0.383 e. The molecule has 11 heteroatoms. The fraction of sp³-hybridized carbons (Fsp3) is 0.333. The van der Waals surface area contributed by atoms with E-state index in [0.717, 1.165) is 18.9 Å². The molecule has 0 saturated heterocycles.